The predicted molar refractivity (Wildman–Crippen MR) is 74.3 cm³/mol. The van der Waals surface area contributed by atoms with Crippen LogP contribution in [-0.2, 0) is 10.3 Å². The van der Waals surface area contributed by atoms with Crippen molar-refractivity contribution in [2.45, 2.75) is 18.9 Å². The Bertz CT molecular complexity index is 532. The van der Waals surface area contributed by atoms with E-state index < -0.39 is 5.54 Å². The van der Waals surface area contributed by atoms with Crippen molar-refractivity contribution in [3.63, 3.8) is 0 Å². The minimum Gasteiger partial charge on any atom is -0.497 e. The number of rotatable bonds is 5. The van der Waals surface area contributed by atoms with Crippen LogP contribution in [0.5, 0.6) is 5.75 Å². The fourth-order valence-electron chi connectivity index (χ4n) is 2.28. The molecule has 0 radical (unpaired) electrons. The van der Waals surface area contributed by atoms with Crippen molar-refractivity contribution in [2.24, 2.45) is 5.73 Å². The van der Waals surface area contributed by atoms with Crippen molar-refractivity contribution in [2.75, 3.05) is 20.2 Å². The second-order valence-electron chi connectivity index (χ2n) is 4.89. The van der Waals surface area contributed by atoms with E-state index in [0.29, 0.717) is 30.8 Å². The van der Waals surface area contributed by atoms with Crippen LogP contribution in [0.25, 0.3) is 0 Å². The molecule has 1 atom stereocenters. The van der Waals surface area contributed by atoms with Crippen LogP contribution < -0.4 is 15.8 Å². The van der Waals surface area contributed by atoms with Crippen LogP contribution in [0.15, 0.2) is 24.3 Å². The van der Waals surface area contributed by atoms with E-state index in [9.17, 15) is 9.59 Å². The lowest BCUT2D eigenvalue weighted by Gasteiger charge is -2.22. The van der Waals surface area contributed by atoms with Crippen molar-refractivity contribution >= 4 is 11.9 Å². The molecule has 1 aliphatic heterocycles. The molecule has 0 aliphatic carbocycles. The summed E-state index contributed by atoms with van der Waals surface area (Å²) < 4.78 is 5.16. The molecule has 2 rings (SSSR count). The molecule has 0 bridgehead atoms. The summed E-state index contributed by atoms with van der Waals surface area (Å²) in [6.45, 7) is 2.47. The highest BCUT2D eigenvalue weighted by molar-refractivity contribution is 6.07. The number of hydrogen-bond donors (Lipinski definition) is 2. The average molecular weight is 277 g/mol. The van der Waals surface area contributed by atoms with E-state index >= 15 is 0 Å². The maximum Gasteiger partial charge on any atom is 0.325 e. The fourth-order valence-corrected chi connectivity index (χ4v) is 2.28. The number of amides is 3. The van der Waals surface area contributed by atoms with E-state index in [1.165, 1.54) is 4.90 Å². The normalized spacial score (nSPS) is 22.1. The Kier molecular flexibility index (Phi) is 3.94. The molecule has 6 heteroatoms. The Morgan fingerprint density at radius 3 is 2.80 bits per heavy atom. The van der Waals surface area contributed by atoms with Gasteiger partial charge < -0.3 is 15.8 Å². The number of nitrogens with two attached hydrogens (primary N) is 1. The van der Waals surface area contributed by atoms with Gasteiger partial charge in [-0.15, -0.1) is 0 Å². The minimum absolute atomic E-state index is 0.260. The Hall–Kier alpha value is -2.08. The first kappa shape index (κ1) is 14.3. The minimum atomic E-state index is -1.06. The van der Waals surface area contributed by atoms with Gasteiger partial charge in [-0.1, -0.05) is 12.1 Å². The molecule has 0 aromatic heterocycles. The Balaban J connectivity index is 2.30. The SMILES string of the molecule is COc1cccc(C2(C)NC(=O)N(CCCN)C2=O)c1. The van der Waals surface area contributed by atoms with Crippen molar-refractivity contribution in [1.82, 2.24) is 10.2 Å². The van der Waals surface area contributed by atoms with Crippen LogP contribution in [0, 0.1) is 0 Å². The van der Waals surface area contributed by atoms with Crippen molar-refractivity contribution in [3.05, 3.63) is 29.8 Å². The van der Waals surface area contributed by atoms with Crippen LogP contribution in [0.3, 0.4) is 0 Å². The second kappa shape index (κ2) is 5.50. The van der Waals surface area contributed by atoms with Crippen molar-refractivity contribution in [3.8, 4) is 5.75 Å². The maximum atomic E-state index is 12.5. The fraction of sp³-hybridized carbons (Fsp3) is 0.429. The predicted octanol–water partition coefficient (Wildman–Crippen LogP) is 0.811. The molecule has 1 unspecified atom stereocenters. The van der Waals surface area contributed by atoms with Gasteiger partial charge in [-0.3, -0.25) is 9.69 Å². The number of imide groups is 1. The number of urea groups is 1. The average Bonchev–Trinajstić information content (AvgIpc) is 2.68. The summed E-state index contributed by atoms with van der Waals surface area (Å²) in [7, 11) is 1.56. The summed E-state index contributed by atoms with van der Waals surface area (Å²) in [6.07, 6.45) is 0.591. The zero-order chi connectivity index (χ0) is 14.8. The standard InChI is InChI=1S/C14H19N3O3/c1-14(10-5-3-6-11(9-10)20-2)12(18)17(8-4-7-15)13(19)16-14/h3,5-6,9H,4,7-8,15H2,1-2H3,(H,16,19). The number of methoxy groups -OCH3 is 1. The van der Waals surface area contributed by atoms with Gasteiger partial charge in [0.05, 0.1) is 7.11 Å². The van der Waals surface area contributed by atoms with Gasteiger partial charge in [-0.2, -0.15) is 0 Å². The van der Waals surface area contributed by atoms with Crippen LogP contribution in [0.4, 0.5) is 4.79 Å². The van der Waals surface area contributed by atoms with Gasteiger partial charge in [0.2, 0.25) is 0 Å². The molecule has 1 aromatic rings. The van der Waals surface area contributed by atoms with Gasteiger partial charge >= 0.3 is 6.03 Å². The van der Waals surface area contributed by atoms with E-state index in [0.717, 1.165) is 0 Å². The van der Waals surface area contributed by atoms with E-state index in [1.54, 1.807) is 38.3 Å². The number of nitrogens with zero attached hydrogens (tertiary/aromatic N) is 1. The molecule has 6 nitrogen and oxygen atoms in total. The second-order valence-corrected chi connectivity index (χ2v) is 4.89. The Morgan fingerprint density at radius 1 is 1.40 bits per heavy atom. The van der Waals surface area contributed by atoms with Gasteiger partial charge in [0, 0.05) is 6.54 Å². The summed E-state index contributed by atoms with van der Waals surface area (Å²) in [6, 6.07) is 6.76. The highest BCUT2D eigenvalue weighted by Crippen LogP contribution is 2.30. The number of nitrogens with one attached hydrogen (secondary N) is 1. The number of carbonyl (C=O) groups is 2. The zero-order valence-electron chi connectivity index (χ0n) is 11.7. The highest BCUT2D eigenvalue weighted by atomic mass is 16.5. The molecule has 1 aliphatic rings. The van der Waals surface area contributed by atoms with E-state index in [2.05, 4.69) is 5.32 Å². The number of benzene rings is 1. The van der Waals surface area contributed by atoms with Crippen LogP contribution >= 0.6 is 0 Å². The molecule has 1 aromatic carbocycles. The summed E-state index contributed by atoms with van der Waals surface area (Å²) in [5.41, 5.74) is 5.07. The molecule has 108 valence electrons. The molecule has 20 heavy (non-hydrogen) atoms. The third-order valence-corrected chi connectivity index (χ3v) is 3.51. The molecule has 0 spiro atoms. The Labute approximate surface area is 117 Å². The van der Waals surface area contributed by atoms with Gasteiger partial charge in [0.15, 0.2) is 0 Å². The van der Waals surface area contributed by atoms with Crippen molar-refractivity contribution in [1.29, 1.82) is 0 Å². The summed E-state index contributed by atoms with van der Waals surface area (Å²) in [4.78, 5) is 25.7. The van der Waals surface area contributed by atoms with Crippen molar-refractivity contribution < 1.29 is 14.3 Å². The molecule has 1 heterocycles. The molecule has 1 saturated heterocycles. The smallest absolute Gasteiger partial charge is 0.325 e. The molecular formula is C14H19N3O3. The number of carbonyl (C=O) groups excluding carboxylic acids is 2. The van der Waals surface area contributed by atoms with E-state index in [1.807, 2.05) is 0 Å². The number of hydrogen-bond acceptors (Lipinski definition) is 4. The lowest BCUT2D eigenvalue weighted by Crippen LogP contribution is -2.41. The quantitative estimate of drug-likeness (QED) is 0.780. The van der Waals surface area contributed by atoms with Crippen LogP contribution in [0.2, 0.25) is 0 Å². The van der Waals surface area contributed by atoms with Gasteiger partial charge in [-0.05, 0) is 37.6 Å². The molecule has 0 saturated carbocycles. The van der Waals surface area contributed by atoms with Gasteiger partial charge in [0.25, 0.3) is 5.91 Å². The third-order valence-electron chi connectivity index (χ3n) is 3.51. The lowest BCUT2D eigenvalue weighted by molar-refractivity contribution is -0.131. The summed E-state index contributed by atoms with van der Waals surface area (Å²) in [5, 5.41) is 2.75. The van der Waals surface area contributed by atoms with Gasteiger partial charge in [-0.25, -0.2) is 4.79 Å². The lowest BCUT2D eigenvalue weighted by atomic mass is 9.92. The largest absolute Gasteiger partial charge is 0.497 e. The van der Waals surface area contributed by atoms with Crippen LogP contribution in [-0.4, -0.2) is 37.0 Å². The molecule has 3 N–H and O–H groups in total. The Morgan fingerprint density at radius 2 is 2.15 bits per heavy atom. The highest BCUT2D eigenvalue weighted by Gasteiger charge is 2.48. The van der Waals surface area contributed by atoms with E-state index in [-0.39, 0.29) is 11.9 Å². The summed E-state index contributed by atoms with van der Waals surface area (Å²) in [5.74, 6) is 0.385. The van der Waals surface area contributed by atoms with E-state index in [4.69, 9.17) is 10.5 Å². The van der Waals surface area contributed by atoms with Gasteiger partial charge in [0.1, 0.15) is 11.3 Å². The first-order valence-corrected chi connectivity index (χ1v) is 6.51. The first-order chi connectivity index (χ1) is 9.52. The first-order valence-electron chi connectivity index (χ1n) is 6.51. The molecule has 3 amide bonds. The monoisotopic (exact) mass is 277 g/mol. The number of ether oxygens (including phenoxy) is 1. The van der Waals surface area contributed by atoms with Crippen LogP contribution in [0.1, 0.15) is 18.9 Å². The third kappa shape index (κ3) is 2.34. The molecule has 1 fully saturated rings. The zero-order valence-corrected chi connectivity index (χ0v) is 11.7. The summed E-state index contributed by atoms with van der Waals surface area (Å²) >= 11 is 0. The molecular weight excluding hydrogens is 258 g/mol. The topological polar surface area (TPSA) is 84.7 Å². The maximum absolute atomic E-state index is 12.5.